The van der Waals surface area contributed by atoms with Crippen LogP contribution < -0.4 is 10.5 Å². The number of aromatic nitrogens is 1. The van der Waals surface area contributed by atoms with E-state index in [9.17, 15) is 9.59 Å². The number of H-pyrrole nitrogens is 1. The van der Waals surface area contributed by atoms with Crippen molar-refractivity contribution >= 4 is 11.6 Å². The van der Waals surface area contributed by atoms with Gasteiger partial charge >= 0.3 is 0 Å². The van der Waals surface area contributed by atoms with Crippen LogP contribution >= 0.6 is 0 Å². The van der Waals surface area contributed by atoms with Gasteiger partial charge in [-0.25, -0.2) is 0 Å². The lowest BCUT2D eigenvalue weighted by molar-refractivity contribution is -0.116. The number of pyridine rings is 1. The molecule has 104 valence electrons. The Labute approximate surface area is 113 Å². The Morgan fingerprint density at radius 1 is 1.47 bits per heavy atom. The summed E-state index contributed by atoms with van der Waals surface area (Å²) in [4.78, 5) is 28.6. The van der Waals surface area contributed by atoms with Crippen LogP contribution in [0.15, 0.2) is 10.9 Å². The van der Waals surface area contributed by atoms with Crippen LogP contribution in [-0.4, -0.2) is 17.4 Å². The number of carbonyl (C=O) groups is 1. The topological polar surface area (TPSA) is 53.2 Å². The SMILES string of the molecule is CCCCc1cc2c([nH]c1=O)C(C)(C)CN2C(C)=O. The van der Waals surface area contributed by atoms with Crippen LogP contribution in [0.4, 0.5) is 5.69 Å². The van der Waals surface area contributed by atoms with Gasteiger partial charge in [0.1, 0.15) is 0 Å². The van der Waals surface area contributed by atoms with Crippen LogP contribution in [0.3, 0.4) is 0 Å². The number of aromatic amines is 1. The van der Waals surface area contributed by atoms with Crippen LogP contribution in [0, 0.1) is 0 Å². The van der Waals surface area contributed by atoms with E-state index in [-0.39, 0.29) is 16.9 Å². The summed E-state index contributed by atoms with van der Waals surface area (Å²) in [7, 11) is 0. The van der Waals surface area contributed by atoms with Crippen LogP contribution in [0.1, 0.15) is 51.8 Å². The van der Waals surface area contributed by atoms with Gasteiger partial charge in [-0.05, 0) is 18.9 Å². The summed E-state index contributed by atoms with van der Waals surface area (Å²) >= 11 is 0. The van der Waals surface area contributed by atoms with Crippen LogP contribution in [0.2, 0.25) is 0 Å². The summed E-state index contributed by atoms with van der Waals surface area (Å²) in [5.74, 6) is 0.0281. The maximum absolute atomic E-state index is 12.1. The van der Waals surface area contributed by atoms with Crippen molar-refractivity contribution in [3.05, 3.63) is 27.7 Å². The van der Waals surface area contributed by atoms with Gasteiger partial charge in [0.05, 0.1) is 5.69 Å². The first-order valence-electron chi connectivity index (χ1n) is 6.91. The highest BCUT2D eigenvalue weighted by Gasteiger charge is 2.38. The molecule has 1 aromatic heterocycles. The van der Waals surface area contributed by atoms with Gasteiger partial charge in [0.25, 0.3) is 5.56 Å². The third kappa shape index (κ3) is 2.44. The van der Waals surface area contributed by atoms with Crippen LogP contribution in [0.25, 0.3) is 0 Å². The molecule has 19 heavy (non-hydrogen) atoms. The fourth-order valence-electron chi connectivity index (χ4n) is 2.68. The fraction of sp³-hybridized carbons (Fsp3) is 0.600. The number of aryl methyl sites for hydroxylation is 1. The minimum Gasteiger partial charge on any atom is -0.323 e. The molecule has 0 bridgehead atoms. The van der Waals surface area contributed by atoms with Crippen molar-refractivity contribution in [2.24, 2.45) is 0 Å². The molecular formula is C15H22N2O2. The zero-order valence-corrected chi connectivity index (χ0v) is 12.2. The van der Waals surface area contributed by atoms with Crippen molar-refractivity contribution < 1.29 is 4.79 Å². The van der Waals surface area contributed by atoms with E-state index in [4.69, 9.17) is 0 Å². The molecule has 0 aliphatic carbocycles. The van der Waals surface area contributed by atoms with E-state index < -0.39 is 0 Å². The molecule has 0 spiro atoms. The largest absolute Gasteiger partial charge is 0.323 e. The molecule has 1 aliphatic heterocycles. The van der Waals surface area contributed by atoms with E-state index in [0.29, 0.717) is 6.54 Å². The van der Waals surface area contributed by atoms with Crippen molar-refractivity contribution in [3.8, 4) is 0 Å². The highest BCUT2D eigenvalue weighted by Crippen LogP contribution is 2.38. The second-order valence-corrected chi connectivity index (χ2v) is 5.98. The minimum absolute atomic E-state index is 0.00863. The molecule has 0 atom stereocenters. The number of unbranched alkanes of at least 4 members (excludes halogenated alkanes) is 1. The average Bonchev–Trinajstić information content (AvgIpc) is 2.59. The lowest BCUT2D eigenvalue weighted by Gasteiger charge is -2.18. The highest BCUT2D eigenvalue weighted by molar-refractivity contribution is 5.94. The van der Waals surface area contributed by atoms with Gasteiger partial charge in [0.15, 0.2) is 0 Å². The lowest BCUT2D eigenvalue weighted by Crippen LogP contribution is -2.32. The molecule has 0 aromatic carbocycles. The molecule has 2 heterocycles. The van der Waals surface area contributed by atoms with Gasteiger partial charge in [0, 0.05) is 30.1 Å². The van der Waals surface area contributed by atoms with Crippen molar-refractivity contribution in [2.75, 3.05) is 11.4 Å². The number of nitrogens with one attached hydrogen (secondary N) is 1. The summed E-state index contributed by atoms with van der Waals surface area (Å²) in [6.45, 7) is 8.41. The summed E-state index contributed by atoms with van der Waals surface area (Å²) < 4.78 is 0. The number of hydrogen-bond acceptors (Lipinski definition) is 2. The van der Waals surface area contributed by atoms with Crippen LogP contribution in [-0.2, 0) is 16.6 Å². The first-order chi connectivity index (χ1) is 8.86. The zero-order chi connectivity index (χ0) is 14.2. The number of fused-ring (bicyclic) bond motifs is 1. The van der Waals surface area contributed by atoms with Crippen molar-refractivity contribution in [1.29, 1.82) is 0 Å². The highest BCUT2D eigenvalue weighted by atomic mass is 16.2. The number of rotatable bonds is 3. The van der Waals surface area contributed by atoms with E-state index in [1.807, 2.05) is 6.07 Å². The number of anilines is 1. The zero-order valence-electron chi connectivity index (χ0n) is 12.2. The van der Waals surface area contributed by atoms with Gasteiger partial charge in [-0.3, -0.25) is 9.59 Å². The number of carbonyl (C=O) groups excluding carboxylic acids is 1. The molecule has 0 fully saturated rings. The normalized spacial score (nSPS) is 16.5. The van der Waals surface area contributed by atoms with Gasteiger partial charge < -0.3 is 9.88 Å². The lowest BCUT2D eigenvalue weighted by atomic mass is 9.91. The van der Waals surface area contributed by atoms with E-state index in [2.05, 4.69) is 25.8 Å². The minimum atomic E-state index is -0.191. The second-order valence-electron chi connectivity index (χ2n) is 5.98. The predicted octanol–water partition coefficient (Wildman–Crippen LogP) is 2.36. The first kappa shape index (κ1) is 13.8. The second kappa shape index (κ2) is 4.83. The maximum Gasteiger partial charge on any atom is 0.251 e. The number of hydrogen-bond donors (Lipinski definition) is 1. The Kier molecular flexibility index (Phi) is 3.52. The molecule has 1 aromatic rings. The third-order valence-electron chi connectivity index (χ3n) is 3.80. The van der Waals surface area contributed by atoms with Gasteiger partial charge in [-0.2, -0.15) is 0 Å². The molecule has 0 unspecified atom stereocenters. The average molecular weight is 262 g/mol. The molecule has 0 radical (unpaired) electrons. The summed E-state index contributed by atoms with van der Waals surface area (Å²) in [5, 5.41) is 0. The molecule has 0 saturated heterocycles. The standard InChI is InChI=1S/C15H22N2O2/c1-5-6-7-11-8-12-13(16-14(11)19)15(3,4)9-17(12)10(2)18/h8H,5-7,9H2,1-4H3,(H,16,19). The first-order valence-corrected chi connectivity index (χ1v) is 6.91. The van der Waals surface area contributed by atoms with Gasteiger partial charge in [-0.15, -0.1) is 0 Å². The van der Waals surface area contributed by atoms with E-state index in [1.165, 1.54) is 0 Å². The molecular weight excluding hydrogens is 240 g/mol. The van der Waals surface area contributed by atoms with Crippen molar-refractivity contribution in [2.45, 2.75) is 52.4 Å². The molecule has 1 N–H and O–H groups in total. The summed E-state index contributed by atoms with van der Waals surface area (Å²) in [6, 6.07) is 1.90. The van der Waals surface area contributed by atoms with Crippen LogP contribution in [0.5, 0.6) is 0 Å². The smallest absolute Gasteiger partial charge is 0.251 e. The van der Waals surface area contributed by atoms with E-state index in [1.54, 1.807) is 11.8 Å². The third-order valence-corrected chi connectivity index (χ3v) is 3.80. The Bertz CT molecular complexity index is 558. The van der Waals surface area contributed by atoms with Gasteiger partial charge in [-0.1, -0.05) is 27.2 Å². The molecule has 1 aliphatic rings. The number of amides is 1. The summed E-state index contributed by atoms with van der Waals surface area (Å²) in [5.41, 5.74) is 2.34. The molecule has 2 rings (SSSR count). The summed E-state index contributed by atoms with van der Waals surface area (Å²) in [6.07, 6.45) is 2.81. The fourth-order valence-corrected chi connectivity index (χ4v) is 2.68. The molecule has 0 saturated carbocycles. The van der Waals surface area contributed by atoms with Crippen molar-refractivity contribution in [1.82, 2.24) is 4.98 Å². The Morgan fingerprint density at radius 2 is 2.16 bits per heavy atom. The Morgan fingerprint density at radius 3 is 2.74 bits per heavy atom. The van der Waals surface area contributed by atoms with Crippen molar-refractivity contribution in [3.63, 3.8) is 0 Å². The molecule has 4 heteroatoms. The number of nitrogens with zero attached hydrogens (tertiary/aromatic N) is 1. The van der Waals surface area contributed by atoms with Gasteiger partial charge in [0.2, 0.25) is 5.91 Å². The molecule has 4 nitrogen and oxygen atoms in total. The quantitative estimate of drug-likeness (QED) is 0.909. The monoisotopic (exact) mass is 262 g/mol. The molecule has 1 amide bonds. The van der Waals surface area contributed by atoms with E-state index in [0.717, 1.165) is 36.2 Å². The Hall–Kier alpha value is -1.58. The van der Waals surface area contributed by atoms with E-state index >= 15 is 0 Å². The predicted molar refractivity (Wildman–Crippen MR) is 76.7 cm³/mol. The Balaban J connectivity index is 2.50. The maximum atomic E-state index is 12.1.